The maximum atomic E-state index is 11.3. The zero-order valence-corrected chi connectivity index (χ0v) is 7.54. The maximum absolute atomic E-state index is 11.3. The molecule has 1 aromatic carbocycles. The zero-order chi connectivity index (χ0) is 11.3. The Hall–Kier alpha value is -2.42. The Bertz CT molecular complexity index is 436. The average Bonchev–Trinajstić information content (AvgIpc) is 2.25. The molecule has 0 aliphatic heterocycles. The van der Waals surface area contributed by atoms with Crippen LogP contribution in [0.15, 0.2) is 24.3 Å². The van der Waals surface area contributed by atoms with E-state index in [-0.39, 0.29) is 11.3 Å². The van der Waals surface area contributed by atoms with Crippen LogP contribution >= 0.6 is 0 Å². The van der Waals surface area contributed by atoms with Gasteiger partial charge in [0.1, 0.15) is 11.6 Å². The highest BCUT2D eigenvalue weighted by atomic mass is 16.6. The van der Waals surface area contributed by atoms with Crippen LogP contribution in [0, 0.1) is 21.4 Å². The summed E-state index contributed by atoms with van der Waals surface area (Å²) >= 11 is 0. The fourth-order valence-electron chi connectivity index (χ4n) is 0.981. The van der Waals surface area contributed by atoms with Crippen molar-refractivity contribution in [1.82, 2.24) is 0 Å². The Morgan fingerprint density at radius 2 is 2.20 bits per heavy atom. The number of hydrogen-bond acceptors (Lipinski definition) is 5. The molecule has 0 amide bonds. The van der Waals surface area contributed by atoms with Gasteiger partial charge < -0.3 is 4.74 Å². The second-order valence-corrected chi connectivity index (χ2v) is 2.51. The summed E-state index contributed by atoms with van der Waals surface area (Å²) in [7, 11) is 0. The lowest BCUT2D eigenvalue weighted by Gasteiger charge is -2.00. The molecule has 0 heterocycles. The average molecular weight is 206 g/mol. The summed E-state index contributed by atoms with van der Waals surface area (Å²) in [5.74, 6) is -0.871. The van der Waals surface area contributed by atoms with E-state index >= 15 is 0 Å². The van der Waals surface area contributed by atoms with Gasteiger partial charge in [0.2, 0.25) is 0 Å². The smallest absolute Gasteiger partial charge is 0.346 e. The molecule has 0 saturated heterocycles. The Kier molecular flexibility index (Phi) is 3.35. The number of nitriles is 1. The molecule has 15 heavy (non-hydrogen) atoms. The quantitative estimate of drug-likeness (QED) is 0.421. The molecule has 0 radical (unpaired) electrons. The molecule has 6 nitrogen and oxygen atoms in total. The third-order valence-corrected chi connectivity index (χ3v) is 1.59. The van der Waals surface area contributed by atoms with E-state index < -0.39 is 17.5 Å². The lowest BCUT2D eigenvalue weighted by molar-refractivity contribution is -0.385. The van der Waals surface area contributed by atoms with E-state index in [4.69, 9.17) is 5.26 Å². The highest BCUT2D eigenvalue weighted by Crippen LogP contribution is 2.18. The predicted octanol–water partition coefficient (Wildman–Crippen LogP) is 1.28. The van der Waals surface area contributed by atoms with Crippen molar-refractivity contribution in [3.05, 3.63) is 39.9 Å². The second-order valence-electron chi connectivity index (χ2n) is 2.51. The van der Waals surface area contributed by atoms with Gasteiger partial charge in [-0.25, -0.2) is 4.79 Å². The third kappa shape index (κ3) is 2.51. The number of esters is 1. The summed E-state index contributed by atoms with van der Waals surface area (Å²) in [6.45, 7) is -0.426. The molecule has 0 unspecified atom stereocenters. The molecule has 0 N–H and O–H groups in total. The summed E-state index contributed by atoms with van der Waals surface area (Å²) in [5.41, 5.74) is -0.488. The number of nitrogens with zero attached hydrogens (tertiary/aromatic N) is 2. The number of nitro benzene ring substituents is 1. The first-order chi connectivity index (χ1) is 7.16. The number of hydrogen-bond donors (Lipinski definition) is 0. The van der Waals surface area contributed by atoms with E-state index in [1.807, 2.05) is 0 Å². The molecule has 1 rings (SSSR count). The van der Waals surface area contributed by atoms with E-state index in [0.717, 1.165) is 0 Å². The molecule has 76 valence electrons. The molecule has 0 aromatic heterocycles. The number of ether oxygens (including phenoxy) is 1. The first-order valence-corrected chi connectivity index (χ1v) is 3.94. The van der Waals surface area contributed by atoms with Crippen molar-refractivity contribution in [3.8, 4) is 6.07 Å². The van der Waals surface area contributed by atoms with E-state index in [1.54, 1.807) is 6.07 Å². The largest absolute Gasteiger partial charge is 0.446 e. The Balaban J connectivity index is 2.98. The van der Waals surface area contributed by atoms with Crippen molar-refractivity contribution < 1.29 is 14.5 Å². The van der Waals surface area contributed by atoms with Crippen LogP contribution < -0.4 is 0 Å². The van der Waals surface area contributed by atoms with Crippen LogP contribution in [0.5, 0.6) is 0 Å². The van der Waals surface area contributed by atoms with Crippen molar-refractivity contribution in [2.45, 2.75) is 0 Å². The van der Waals surface area contributed by atoms with E-state index in [2.05, 4.69) is 4.74 Å². The number of para-hydroxylation sites is 1. The summed E-state index contributed by atoms with van der Waals surface area (Å²) in [6, 6.07) is 7.00. The topological polar surface area (TPSA) is 93.2 Å². The summed E-state index contributed by atoms with van der Waals surface area (Å²) in [5, 5.41) is 18.7. The fourth-order valence-corrected chi connectivity index (χ4v) is 0.981. The highest BCUT2D eigenvalue weighted by Gasteiger charge is 2.19. The number of nitro groups is 1. The number of benzene rings is 1. The van der Waals surface area contributed by atoms with Crippen LogP contribution in [-0.2, 0) is 4.74 Å². The molecule has 0 aliphatic rings. The molecular weight excluding hydrogens is 200 g/mol. The Morgan fingerprint density at radius 3 is 2.80 bits per heavy atom. The normalized spacial score (nSPS) is 9.00. The number of rotatable bonds is 3. The highest BCUT2D eigenvalue weighted by molar-refractivity contribution is 5.93. The summed E-state index contributed by atoms with van der Waals surface area (Å²) in [6.07, 6.45) is 0. The minimum Gasteiger partial charge on any atom is -0.446 e. The standard InChI is InChI=1S/C9H6N2O4/c10-5-6-15-9(12)7-3-1-2-4-8(7)11(13)14/h1-4H,6H2. The molecule has 0 fully saturated rings. The minimum atomic E-state index is -0.871. The van der Waals surface area contributed by atoms with Crippen LogP contribution in [0.2, 0.25) is 0 Å². The van der Waals surface area contributed by atoms with Crippen molar-refractivity contribution in [2.24, 2.45) is 0 Å². The zero-order valence-electron chi connectivity index (χ0n) is 7.54. The Morgan fingerprint density at radius 1 is 1.53 bits per heavy atom. The number of carbonyl (C=O) groups excluding carboxylic acids is 1. The molecule has 1 aromatic rings. The summed E-state index contributed by atoms with van der Waals surface area (Å²) < 4.78 is 4.46. The number of carbonyl (C=O) groups is 1. The second kappa shape index (κ2) is 4.72. The van der Waals surface area contributed by atoms with Gasteiger partial charge in [-0.1, -0.05) is 12.1 Å². The van der Waals surface area contributed by atoms with Crippen LogP contribution in [0.25, 0.3) is 0 Å². The van der Waals surface area contributed by atoms with E-state index in [1.165, 1.54) is 24.3 Å². The van der Waals surface area contributed by atoms with Gasteiger partial charge >= 0.3 is 5.97 Å². The Labute approximate surface area is 84.8 Å². The lowest BCUT2D eigenvalue weighted by atomic mass is 10.2. The fraction of sp³-hybridized carbons (Fsp3) is 0.111. The van der Waals surface area contributed by atoms with Crippen molar-refractivity contribution in [1.29, 1.82) is 5.26 Å². The predicted molar refractivity (Wildman–Crippen MR) is 49.0 cm³/mol. The van der Waals surface area contributed by atoms with Crippen LogP contribution in [-0.4, -0.2) is 17.5 Å². The van der Waals surface area contributed by atoms with Gasteiger partial charge in [0.25, 0.3) is 5.69 Å². The monoisotopic (exact) mass is 206 g/mol. The van der Waals surface area contributed by atoms with Gasteiger partial charge in [0, 0.05) is 6.07 Å². The molecule has 0 bridgehead atoms. The van der Waals surface area contributed by atoms with Crippen molar-refractivity contribution in [2.75, 3.05) is 6.61 Å². The van der Waals surface area contributed by atoms with Crippen LogP contribution in [0.3, 0.4) is 0 Å². The summed E-state index contributed by atoms with van der Waals surface area (Å²) in [4.78, 5) is 21.1. The molecule has 0 atom stereocenters. The first-order valence-electron chi connectivity index (χ1n) is 3.94. The molecule has 0 saturated carbocycles. The van der Waals surface area contributed by atoms with Gasteiger partial charge in [-0.3, -0.25) is 10.1 Å². The molecular formula is C9H6N2O4. The van der Waals surface area contributed by atoms with Gasteiger partial charge in [-0.2, -0.15) is 5.26 Å². The van der Waals surface area contributed by atoms with Gasteiger partial charge in [-0.05, 0) is 6.07 Å². The van der Waals surface area contributed by atoms with Crippen LogP contribution in [0.4, 0.5) is 5.69 Å². The lowest BCUT2D eigenvalue weighted by Crippen LogP contribution is -2.08. The van der Waals surface area contributed by atoms with Crippen molar-refractivity contribution >= 4 is 11.7 Å². The SMILES string of the molecule is N#CCOC(=O)c1ccccc1[N+](=O)[O-]. The van der Waals surface area contributed by atoms with Gasteiger partial charge in [0.15, 0.2) is 6.61 Å². The third-order valence-electron chi connectivity index (χ3n) is 1.59. The minimum absolute atomic E-state index is 0.155. The van der Waals surface area contributed by atoms with Gasteiger partial charge in [-0.15, -0.1) is 0 Å². The molecule has 0 spiro atoms. The maximum Gasteiger partial charge on any atom is 0.346 e. The van der Waals surface area contributed by atoms with Gasteiger partial charge in [0.05, 0.1) is 4.92 Å². The van der Waals surface area contributed by atoms with E-state index in [0.29, 0.717) is 0 Å². The molecule has 6 heteroatoms. The van der Waals surface area contributed by atoms with E-state index in [9.17, 15) is 14.9 Å². The first kappa shape index (κ1) is 10.7. The molecule has 0 aliphatic carbocycles. The van der Waals surface area contributed by atoms with Crippen molar-refractivity contribution in [3.63, 3.8) is 0 Å². The van der Waals surface area contributed by atoms with Crippen LogP contribution in [0.1, 0.15) is 10.4 Å².